The Morgan fingerprint density at radius 1 is 1.27 bits per heavy atom. The molecule has 1 aliphatic rings. The summed E-state index contributed by atoms with van der Waals surface area (Å²) in [7, 11) is -0.640. The molecule has 1 aromatic rings. The van der Waals surface area contributed by atoms with Crippen LogP contribution in [0.1, 0.15) is 30.9 Å². The van der Waals surface area contributed by atoms with Gasteiger partial charge in [0, 0.05) is 11.0 Å². The van der Waals surface area contributed by atoms with E-state index in [1.54, 1.807) is 0 Å². The molecule has 0 radical (unpaired) electrons. The summed E-state index contributed by atoms with van der Waals surface area (Å²) in [6.07, 6.45) is 0. The van der Waals surface area contributed by atoms with Crippen LogP contribution in [-0.4, -0.2) is 21.4 Å². The minimum Gasteiger partial charge on any atom is -0.469 e. The molecule has 0 amide bonds. The van der Waals surface area contributed by atoms with E-state index in [9.17, 15) is 10.1 Å². The third-order valence-electron chi connectivity index (χ3n) is 4.33. The first-order valence-electron chi connectivity index (χ1n) is 7.39. The molecular formula is C17H23NO3Si. The van der Waals surface area contributed by atoms with E-state index >= 15 is 0 Å². The number of esters is 1. The molecule has 0 fully saturated rings. The Balaban J connectivity index is 2.74. The van der Waals surface area contributed by atoms with E-state index in [0.717, 1.165) is 11.1 Å². The lowest BCUT2D eigenvalue weighted by Crippen LogP contribution is -2.49. The van der Waals surface area contributed by atoms with Gasteiger partial charge in [0.1, 0.15) is 6.07 Å². The molecule has 118 valence electrons. The van der Waals surface area contributed by atoms with E-state index in [-0.39, 0.29) is 5.97 Å². The lowest BCUT2D eigenvalue weighted by atomic mass is 9.71. The van der Waals surface area contributed by atoms with Gasteiger partial charge in [0.2, 0.25) is 0 Å². The molecule has 0 saturated carbocycles. The average molecular weight is 317 g/mol. The number of carbonyl (C=O) groups is 1. The SMILES string of the molecule is COC(=O)C1c2ccccc2C(C#N)(O[Si](C)(C)C)C1(C)C. The Bertz CT molecular complexity index is 642. The molecule has 1 aliphatic carbocycles. The Labute approximate surface area is 133 Å². The van der Waals surface area contributed by atoms with Crippen molar-refractivity contribution < 1.29 is 14.0 Å². The van der Waals surface area contributed by atoms with Gasteiger partial charge in [-0.05, 0) is 25.2 Å². The second kappa shape index (κ2) is 5.22. The summed E-state index contributed by atoms with van der Waals surface area (Å²) in [5.74, 6) is -0.835. The minimum atomic E-state index is -2.02. The number of nitriles is 1. The topological polar surface area (TPSA) is 59.3 Å². The Morgan fingerprint density at radius 2 is 1.86 bits per heavy atom. The van der Waals surface area contributed by atoms with Crippen molar-refractivity contribution in [3.8, 4) is 6.07 Å². The zero-order valence-corrected chi connectivity index (χ0v) is 15.1. The fraction of sp³-hybridized carbons (Fsp3) is 0.529. The molecule has 2 rings (SSSR count). The molecule has 0 aliphatic heterocycles. The standard InChI is InChI=1S/C17H23NO3Si/c1-16(2)14(15(19)20-3)12-9-7-8-10-13(12)17(16,11-18)21-22(4,5)6/h7-10,14H,1-6H3. The highest BCUT2D eigenvalue weighted by Gasteiger charge is 2.63. The van der Waals surface area contributed by atoms with Crippen molar-refractivity contribution in [2.45, 2.75) is 45.0 Å². The van der Waals surface area contributed by atoms with Crippen LogP contribution in [0.15, 0.2) is 24.3 Å². The zero-order valence-electron chi connectivity index (χ0n) is 14.1. The van der Waals surface area contributed by atoms with E-state index in [1.807, 2.05) is 38.1 Å². The van der Waals surface area contributed by atoms with E-state index in [4.69, 9.17) is 9.16 Å². The first-order chi connectivity index (χ1) is 10.1. The molecule has 2 atom stereocenters. The fourth-order valence-corrected chi connectivity index (χ4v) is 4.76. The van der Waals surface area contributed by atoms with Crippen LogP contribution < -0.4 is 0 Å². The van der Waals surface area contributed by atoms with Crippen LogP contribution in [0.25, 0.3) is 0 Å². The summed E-state index contributed by atoms with van der Waals surface area (Å²) in [6.45, 7) is 9.98. The number of ether oxygens (including phenoxy) is 1. The van der Waals surface area contributed by atoms with Crippen molar-refractivity contribution >= 4 is 14.3 Å². The normalized spacial score (nSPS) is 26.1. The largest absolute Gasteiger partial charge is 0.469 e. The smallest absolute Gasteiger partial charge is 0.313 e. The minimum absolute atomic E-state index is 0.325. The van der Waals surface area contributed by atoms with Crippen LogP contribution in [0.3, 0.4) is 0 Å². The molecule has 5 heteroatoms. The highest BCUT2D eigenvalue weighted by atomic mass is 28.4. The van der Waals surface area contributed by atoms with Crippen LogP contribution in [-0.2, 0) is 19.6 Å². The predicted octanol–water partition coefficient (Wildman–Crippen LogP) is 3.55. The lowest BCUT2D eigenvalue weighted by Gasteiger charge is -2.42. The maximum atomic E-state index is 12.4. The fourth-order valence-electron chi connectivity index (χ4n) is 3.42. The molecule has 0 saturated heterocycles. The van der Waals surface area contributed by atoms with Gasteiger partial charge < -0.3 is 9.16 Å². The van der Waals surface area contributed by atoms with Gasteiger partial charge in [-0.25, -0.2) is 0 Å². The summed E-state index contributed by atoms with van der Waals surface area (Å²) in [6, 6.07) is 9.95. The van der Waals surface area contributed by atoms with E-state index in [2.05, 4.69) is 25.7 Å². The molecule has 22 heavy (non-hydrogen) atoms. The molecule has 0 spiro atoms. The summed E-state index contributed by atoms with van der Waals surface area (Å²) in [5.41, 5.74) is -0.217. The summed E-state index contributed by atoms with van der Waals surface area (Å²) in [5, 5.41) is 10.0. The Kier molecular flexibility index (Phi) is 3.97. The highest BCUT2D eigenvalue weighted by molar-refractivity contribution is 6.69. The van der Waals surface area contributed by atoms with Crippen LogP contribution >= 0.6 is 0 Å². The van der Waals surface area contributed by atoms with Crippen molar-refractivity contribution in [1.29, 1.82) is 5.26 Å². The molecule has 4 nitrogen and oxygen atoms in total. The molecular weight excluding hydrogens is 294 g/mol. The first kappa shape index (κ1) is 16.7. The number of rotatable bonds is 3. The second-order valence-corrected chi connectivity index (χ2v) is 11.7. The Morgan fingerprint density at radius 3 is 2.36 bits per heavy atom. The monoisotopic (exact) mass is 317 g/mol. The zero-order chi connectivity index (χ0) is 16.8. The summed E-state index contributed by atoms with van der Waals surface area (Å²) < 4.78 is 11.4. The number of methoxy groups -OCH3 is 1. The van der Waals surface area contributed by atoms with Gasteiger partial charge in [0.25, 0.3) is 0 Å². The highest BCUT2D eigenvalue weighted by Crippen LogP contribution is 2.60. The van der Waals surface area contributed by atoms with Gasteiger partial charge in [-0.15, -0.1) is 0 Å². The quantitative estimate of drug-likeness (QED) is 0.632. The van der Waals surface area contributed by atoms with E-state index < -0.39 is 25.3 Å². The second-order valence-electron chi connectivity index (χ2n) is 7.27. The lowest BCUT2D eigenvalue weighted by molar-refractivity contribution is -0.148. The number of benzene rings is 1. The number of carbonyl (C=O) groups excluding carboxylic acids is 1. The Hall–Kier alpha value is -1.64. The van der Waals surface area contributed by atoms with Crippen molar-refractivity contribution in [2.24, 2.45) is 5.41 Å². The van der Waals surface area contributed by atoms with Crippen molar-refractivity contribution in [3.63, 3.8) is 0 Å². The van der Waals surface area contributed by atoms with Gasteiger partial charge >= 0.3 is 5.97 Å². The predicted molar refractivity (Wildman–Crippen MR) is 86.7 cm³/mol. The van der Waals surface area contributed by atoms with E-state index in [0.29, 0.717) is 0 Å². The maximum Gasteiger partial charge on any atom is 0.313 e. The third kappa shape index (κ3) is 2.27. The molecule has 0 bridgehead atoms. The van der Waals surface area contributed by atoms with Gasteiger partial charge in [-0.2, -0.15) is 5.26 Å². The third-order valence-corrected chi connectivity index (χ3v) is 5.25. The number of hydrogen-bond donors (Lipinski definition) is 0. The van der Waals surface area contributed by atoms with Crippen LogP contribution in [0.5, 0.6) is 0 Å². The van der Waals surface area contributed by atoms with Gasteiger partial charge in [0.05, 0.1) is 13.0 Å². The molecule has 0 N–H and O–H groups in total. The van der Waals surface area contributed by atoms with Crippen molar-refractivity contribution in [1.82, 2.24) is 0 Å². The van der Waals surface area contributed by atoms with Crippen LogP contribution in [0.2, 0.25) is 19.6 Å². The van der Waals surface area contributed by atoms with Crippen LogP contribution in [0, 0.1) is 16.7 Å². The van der Waals surface area contributed by atoms with Crippen molar-refractivity contribution in [3.05, 3.63) is 35.4 Å². The molecule has 0 aromatic heterocycles. The molecule has 2 unspecified atom stereocenters. The number of nitrogens with zero attached hydrogens (tertiary/aromatic N) is 1. The molecule has 0 heterocycles. The molecule has 1 aromatic carbocycles. The summed E-state index contributed by atoms with van der Waals surface area (Å²) >= 11 is 0. The average Bonchev–Trinajstić information content (AvgIpc) is 2.62. The maximum absolute atomic E-state index is 12.4. The summed E-state index contributed by atoms with van der Waals surface area (Å²) in [4.78, 5) is 12.4. The van der Waals surface area contributed by atoms with Gasteiger partial charge in [-0.1, -0.05) is 38.1 Å². The van der Waals surface area contributed by atoms with Crippen LogP contribution in [0.4, 0.5) is 0 Å². The van der Waals surface area contributed by atoms with Gasteiger partial charge in [-0.3, -0.25) is 4.79 Å². The van der Waals surface area contributed by atoms with E-state index in [1.165, 1.54) is 7.11 Å². The first-order valence-corrected chi connectivity index (χ1v) is 10.8. The number of fused-ring (bicyclic) bond motifs is 1. The van der Waals surface area contributed by atoms with Gasteiger partial charge in [0.15, 0.2) is 13.9 Å². The number of hydrogen-bond acceptors (Lipinski definition) is 4. The van der Waals surface area contributed by atoms with Crippen molar-refractivity contribution in [2.75, 3.05) is 7.11 Å².